The minimum absolute atomic E-state index is 0.109. The van der Waals surface area contributed by atoms with Gasteiger partial charge in [-0.25, -0.2) is 9.48 Å². The number of hydrogen-bond donors (Lipinski definition) is 0. The molecule has 0 saturated heterocycles. The molecule has 0 radical (unpaired) electrons. The van der Waals surface area contributed by atoms with Crippen LogP contribution >= 0.6 is 23.2 Å². The summed E-state index contributed by atoms with van der Waals surface area (Å²) in [6.07, 6.45) is 2.01. The molecule has 9 heteroatoms. The van der Waals surface area contributed by atoms with E-state index in [9.17, 15) is 9.59 Å². The monoisotopic (exact) mass is 494 g/mol. The summed E-state index contributed by atoms with van der Waals surface area (Å²) in [6.45, 7) is 1.95. The first-order valence-corrected chi connectivity index (χ1v) is 11.3. The van der Waals surface area contributed by atoms with Crippen LogP contribution in [0.2, 0.25) is 10.2 Å². The number of ether oxygens (including phenoxy) is 1. The summed E-state index contributed by atoms with van der Waals surface area (Å²) in [4.78, 5) is 25.7. The summed E-state index contributed by atoms with van der Waals surface area (Å²) < 4.78 is 8.64. The Kier molecular flexibility index (Phi) is 7.01. The molecule has 0 bridgehead atoms. The van der Waals surface area contributed by atoms with Crippen LogP contribution in [0.5, 0.6) is 0 Å². The lowest BCUT2D eigenvalue weighted by Crippen LogP contribution is -2.15. The summed E-state index contributed by atoms with van der Waals surface area (Å²) in [5, 5.41) is 14.7. The van der Waals surface area contributed by atoms with E-state index in [1.165, 1.54) is 4.68 Å². The van der Waals surface area contributed by atoms with Crippen molar-refractivity contribution >= 4 is 45.9 Å². The fourth-order valence-electron chi connectivity index (χ4n) is 3.78. The van der Waals surface area contributed by atoms with E-state index in [0.29, 0.717) is 29.2 Å². The SMILES string of the molecule is Cc1nn(Cc2ccccc2Cl)c(Cl)c1C(=O)OCC(=O)c1cn(CCC#N)c2ccccc12. The minimum Gasteiger partial charge on any atom is -0.454 e. The number of carbonyl (C=O) groups excluding carboxylic acids is 2. The third kappa shape index (κ3) is 4.69. The number of nitrogens with zero attached hydrogens (tertiary/aromatic N) is 4. The number of fused-ring (bicyclic) bond motifs is 1. The second kappa shape index (κ2) is 10.1. The first-order valence-electron chi connectivity index (χ1n) is 10.5. The zero-order chi connectivity index (χ0) is 24.2. The highest BCUT2D eigenvalue weighted by Crippen LogP contribution is 2.25. The Bertz CT molecular complexity index is 1430. The number of ketones is 1. The molecule has 4 rings (SSSR count). The van der Waals surface area contributed by atoms with Crippen molar-refractivity contribution in [3.05, 3.63) is 87.3 Å². The molecule has 2 aromatic heterocycles. The van der Waals surface area contributed by atoms with Crippen LogP contribution < -0.4 is 0 Å². The first-order chi connectivity index (χ1) is 16.4. The van der Waals surface area contributed by atoms with Crippen molar-refractivity contribution in [1.82, 2.24) is 14.3 Å². The van der Waals surface area contributed by atoms with Crippen molar-refractivity contribution in [2.75, 3.05) is 6.61 Å². The molecule has 0 aliphatic heterocycles. The minimum atomic E-state index is -0.727. The number of Topliss-reactive ketones (excluding diaryl/α,β-unsaturated/α-hetero) is 1. The molecule has 0 atom stereocenters. The molecule has 34 heavy (non-hydrogen) atoms. The van der Waals surface area contributed by atoms with Gasteiger partial charge in [-0.05, 0) is 24.6 Å². The van der Waals surface area contributed by atoms with E-state index in [1.54, 1.807) is 19.2 Å². The molecule has 0 aliphatic rings. The van der Waals surface area contributed by atoms with Crippen LogP contribution in [0.3, 0.4) is 0 Å². The summed E-state index contributed by atoms with van der Waals surface area (Å²) in [5.41, 5.74) is 2.57. The molecule has 0 aliphatic carbocycles. The summed E-state index contributed by atoms with van der Waals surface area (Å²) in [6, 6.07) is 16.8. The first kappa shape index (κ1) is 23.6. The van der Waals surface area contributed by atoms with Gasteiger partial charge in [-0.15, -0.1) is 0 Å². The van der Waals surface area contributed by atoms with E-state index in [2.05, 4.69) is 11.2 Å². The van der Waals surface area contributed by atoms with E-state index in [4.69, 9.17) is 33.2 Å². The highest BCUT2D eigenvalue weighted by Gasteiger charge is 2.24. The summed E-state index contributed by atoms with van der Waals surface area (Å²) in [7, 11) is 0. The zero-order valence-corrected chi connectivity index (χ0v) is 19.8. The van der Waals surface area contributed by atoms with Crippen LogP contribution in [0.25, 0.3) is 10.9 Å². The fraction of sp³-hybridized carbons (Fsp3) is 0.200. The van der Waals surface area contributed by atoms with Crippen LogP contribution in [0.15, 0.2) is 54.7 Å². The second-order valence-corrected chi connectivity index (χ2v) is 8.43. The summed E-state index contributed by atoms with van der Waals surface area (Å²) >= 11 is 12.6. The number of para-hydroxylation sites is 1. The molecule has 0 N–H and O–H groups in total. The van der Waals surface area contributed by atoms with Gasteiger partial charge in [-0.3, -0.25) is 4.79 Å². The maximum atomic E-state index is 12.9. The number of aromatic nitrogens is 3. The number of esters is 1. The van der Waals surface area contributed by atoms with Gasteiger partial charge in [0.15, 0.2) is 6.61 Å². The predicted octanol–water partition coefficient (Wildman–Crippen LogP) is 5.45. The van der Waals surface area contributed by atoms with Crippen molar-refractivity contribution in [3.8, 4) is 6.07 Å². The molecular formula is C25H20Cl2N4O3. The maximum Gasteiger partial charge on any atom is 0.343 e. The lowest BCUT2D eigenvalue weighted by atomic mass is 10.1. The lowest BCUT2D eigenvalue weighted by molar-refractivity contribution is 0.0474. The molecule has 172 valence electrons. The van der Waals surface area contributed by atoms with E-state index < -0.39 is 12.6 Å². The lowest BCUT2D eigenvalue weighted by Gasteiger charge is -2.06. The highest BCUT2D eigenvalue weighted by molar-refractivity contribution is 6.33. The fourth-order valence-corrected chi connectivity index (χ4v) is 4.29. The van der Waals surface area contributed by atoms with E-state index in [-0.39, 0.29) is 23.0 Å². The van der Waals surface area contributed by atoms with Crippen molar-refractivity contribution in [2.24, 2.45) is 0 Å². The van der Waals surface area contributed by atoms with E-state index in [0.717, 1.165) is 16.5 Å². The molecule has 0 saturated carbocycles. The quantitative estimate of drug-likeness (QED) is 0.239. The van der Waals surface area contributed by atoms with Gasteiger partial charge in [0.05, 0.1) is 24.7 Å². The number of hydrogen-bond acceptors (Lipinski definition) is 5. The molecule has 2 aromatic carbocycles. The van der Waals surface area contributed by atoms with Crippen molar-refractivity contribution in [2.45, 2.75) is 26.4 Å². The molecule has 0 unspecified atom stereocenters. The maximum absolute atomic E-state index is 12.9. The Balaban J connectivity index is 1.50. The van der Waals surface area contributed by atoms with Gasteiger partial charge in [0.1, 0.15) is 10.7 Å². The van der Waals surface area contributed by atoms with Gasteiger partial charge in [0.25, 0.3) is 0 Å². The average Bonchev–Trinajstić information content (AvgIpc) is 3.34. The predicted molar refractivity (Wildman–Crippen MR) is 129 cm³/mol. The van der Waals surface area contributed by atoms with Crippen LogP contribution in [0.1, 0.15) is 38.4 Å². The van der Waals surface area contributed by atoms with Gasteiger partial charge in [0, 0.05) is 34.2 Å². The van der Waals surface area contributed by atoms with E-state index >= 15 is 0 Å². The second-order valence-electron chi connectivity index (χ2n) is 7.66. The molecule has 2 heterocycles. The molecule has 0 spiro atoms. The molecule has 4 aromatic rings. The molecular weight excluding hydrogens is 475 g/mol. The topological polar surface area (TPSA) is 89.9 Å². The number of carbonyl (C=O) groups is 2. The van der Waals surface area contributed by atoms with Crippen LogP contribution in [0.4, 0.5) is 0 Å². The van der Waals surface area contributed by atoms with Gasteiger partial charge in [0.2, 0.25) is 5.78 Å². The number of aryl methyl sites for hydroxylation is 2. The van der Waals surface area contributed by atoms with Crippen molar-refractivity contribution in [1.29, 1.82) is 5.26 Å². The third-order valence-electron chi connectivity index (χ3n) is 5.44. The summed E-state index contributed by atoms with van der Waals surface area (Å²) in [5.74, 6) is -1.08. The van der Waals surface area contributed by atoms with Crippen LogP contribution in [-0.4, -0.2) is 32.7 Å². The molecule has 0 fully saturated rings. The van der Waals surface area contributed by atoms with Crippen molar-refractivity contribution < 1.29 is 14.3 Å². The van der Waals surface area contributed by atoms with Crippen LogP contribution in [-0.2, 0) is 17.8 Å². The van der Waals surface area contributed by atoms with E-state index in [1.807, 2.05) is 47.0 Å². The average molecular weight is 495 g/mol. The van der Waals surface area contributed by atoms with Gasteiger partial charge in [-0.1, -0.05) is 59.6 Å². The number of rotatable bonds is 8. The zero-order valence-electron chi connectivity index (χ0n) is 18.3. The Morgan fingerprint density at radius 2 is 1.85 bits per heavy atom. The number of nitriles is 1. The standard InChI is InChI=1S/C25H20Cl2N4O3/c1-16-23(24(27)31(29-16)13-17-7-2-4-9-20(17)26)25(33)34-15-22(32)19-14-30(12-6-11-28)21-10-5-3-8-18(19)21/h2-5,7-10,14H,6,12-13,15H2,1H3. The molecule has 7 nitrogen and oxygen atoms in total. The van der Waals surface area contributed by atoms with Gasteiger partial charge >= 0.3 is 5.97 Å². The Morgan fingerprint density at radius 3 is 2.62 bits per heavy atom. The smallest absolute Gasteiger partial charge is 0.343 e. The highest BCUT2D eigenvalue weighted by atomic mass is 35.5. The number of halogens is 2. The number of benzene rings is 2. The largest absolute Gasteiger partial charge is 0.454 e. The van der Waals surface area contributed by atoms with Gasteiger partial charge < -0.3 is 9.30 Å². The van der Waals surface area contributed by atoms with Crippen LogP contribution in [0, 0.1) is 18.3 Å². The van der Waals surface area contributed by atoms with Crippen molar-refractivity contribution in [3.63, 3.8) is 0 Å². The van der Waals surface area contributed by atoms with Gasteiger partial charge in [-0.2, -0.15) is 10.4 Å². The Morgan fingerprint density at radius 1 is 1.12 bits per heavy atom. The third-order valence-corrected chi connectivity index (χ3v) is 6.19. The Labute approximate surface area is 206 Å². The Hall–Kier alpha value is -3.60. The molecule has 0 amide bonds. The normalized spacial score (nSPS) is 10.9.